The van der Waals surface area contributed by atoms with Crippen molar-refractivity contribution in [1.82, 2.24) is 0 Å². The second-order valence-electron chi connectivity index (χ2n) is 1.41. The van der Waals surface area contributed by atoms with E-state index in [4.69, 9.17) is 9.94 Å². The van der Waals surface area contributed by atoms with Crippen molar-refractivity contribution in [3.8, 4) is 0 Å². The fraction of sp³-hybridized carbons (Fsp3) is 0.600. The van der Waals surface area contributed by atoms with E-state index in [0.29, 0.717) is 12.3 Å². The molecule has 0 amide bonds. The molecule has 0 atom stereocenters. The van der Waals surface area contributed by atoms with Crippen LogP contribution in [0.1, 0.15) is 13.8 Å². The van der Waals surface area contributed by atoms with Gasteiger partial charge in [-0.1, -0.05) is 5.16 Å². The third-order valence-corrected chi connectivity index (χ3v) is 1.13. The Hall–Kier alpha value is -0.640. The van der Waals surface area contributed by atoms with E-state index >= 15 is 0 Å². The molecule has 0 aliphatic carbocycles. The van der Waals surface area contributed by atoms with Crippen molar-refractivity contribution in [2.45, 2.75) is 13.8 Å². The molecule has 0 saturated carbocycles. The van der Waals surface area contributed by atoms with E-state index in [0.717, 1.165) is 0 Å². The molecule has 0 aromatic carbocycles. The summed E-state index contributed by atoms with van der Waals surface area (Å²) in [5.74, 6) is 0. The standard InChI is InChI=1S/C5H9NO2S/c1-3-8-5(9)4(2)6-7/h7H,3H2,1-2H3. The molecule has 9 heavy (non-hydrogen) atoms. The minimum Gasteiger partial charge on any atom is -0.482 e. The van der Waals surface area contributed by atoms with Crippen LogP contribution in [0.4, 0.5) is 0 Å². The van der Waals surface area contributed by atoms with Crippen molar-refractivity contribution < 1.29 is 9.94 Å². The van der Waals surface area contributed by atoms with Gasteiger partial charge >= 0.3 is 0 Å². The van der Waals surface area contributed by atoms with Crippen LogP contribution in [0.25, 0.3) is 0 Å². The number of oxime groups is 1. The monoisotopic (exact) mass is 147 g/mol. The van der Waals surface area contributed by atoms with Crippen molar-refractivity contribution in [3.63, 3.8) is 0 Å². The molecule has 0 heterocycles. The summed E-state index contributed by atoms with van der Waals surface area (Å²) in [7, 11) is 0. The maximum Gasteiger partial charge on any atom is 0.208 e. The van der Waals surface area contributed by atoms with Gasteiger partial charge in [-0.15, -0.1) is 0 Å². The Kier molecular flexibility index (Phi) is 3.96. The number of ether oxygens (including phenoxy) is 1. The van der Waals surface area contributed by atoms with E-state index in [1.54, 1.807) is 6.92 Å². The van der Waals surface area contributed by atoms with E-state index in [1.807, 2.05) is 6.92 Å². The Bertz CT molecular complexity index is 133. The van der Waals surface area contributed by atoms with Gasteiger partial charge in [0.15, 0.2) is 0 Å². The molecule has 1 N–H and O–H groups in total. The summed E-state index contributed by atoms with van der Waals surface area (Å²) >= 11 is 4.66. The number of hydrogen-bond donors (Lipinski definition) is 1. The zero-order valence-electron chi connectivity index (χ0n) is 5.42. The summed E-state index contributed by atoms with van der Waals surface area (Å²) in [6.07, 6.45) is 0. The van der Waals surface area contributed by atoms with Crippen molar-refractivity contribution in [1.29, 1.82) is 0 Å². The average Bonchev–Trinajstić information content (AvgIpc) is 1.87. The molecule has 52 valence electrons. The largest absolute Gasteiger partial charge is 0.482 e. The molecule has 0 aromatic heterocycles. The van der Waals surface area contributed by atoms with Crippen LogP contribution < -0.4 is 0 Å². The summed E-state index contributed by atoms with van der Waals surface area (Å²) in [5.41, 5.74) is 0.340. The Morgan fingerprint density at radius 3 is 2.67 bits per heavy atom. The molecule has 0 saturated heterocycles. The van der Waals surface area contributed by atoms with Gasteiger partial charge in [-0.3, -0.25) is 0 Å². The van der Waals surface area contributed by atoms with E-state index in [-0.39, 0.29) is 5.05 Å². The lowest BCUT2D eigenvalue weighted by atomic mass is 10.5. The van der Waals surface area contributed by atoms with Gasteiger partial charge < -0.3 is 9.94 Å². The SMILES string of the molecule is CCOC(=S)C(C)=NO. The van der Waals surface area contributed by atoms with E-state index < -0.39 is 0 Å². The van der Waals surface area contributed by atoms with Gasteiger partial charge in [-0.05, 0) is 26.1 Å². The summed E-state index contributed by atoms with van der Waals surface area (Å²) < 4.78 is 4.84. The second kappa shape index (κ2) is 4.26. The zero-order valence-corrected chi connectivity index (χ0v) is 6.23. The Morgan fingerprint density at radius 1 is 1.78 bits per heavy atom. The highest BCUT2D eigenvalue weighted by atomic mass is 32.1. The Morgan fingerprint density at radius 2 is 2.33 bits per heavy atom. The first kappa shape index (κ1) is 8.36. The molecular weight excluding hydrogens is 138 g/mol. The van der Waals surface area contributed by atoms with Gasteiger partial charge in [-0.2, -0.15) is 0 Å². The Balaban J connectivity index is 3.74. The predicted octanol–water partition coefficient (Wildman–Crippen LogP) is 1.20. The van der Waals surface area contributed by atoms with Crippen LogP contribution >= 0.6 is 12.2 Å². The first-order chi connectivity index (χ1) is 4.22. The van der Waals surface area contributed by atoms with Crippen LogP contribution in [-0.4, -0.2) is 22.6 Å². The molecule has 0 aliphatic heterocycles. The molecule has 4 heteroatoms. The van der Waals surface area contributed by atoms with Crippen LogP contribution in [0.15, 0.2) is 5.16 Å². The molecule has 0 aliphatic rings. The quantitative estimate of drug-likeness (QED) is 0.276. The van der Waals surface area contributed by atoms with Gasteiger partial charge in [0.2, 0.25) is 5.05 Å². The van der Waals surface area contributed by atoms with Crippen molar-refractivity contribution in [3.05, 3.63) is 0 Å². The van der Waals surface area contributed by atoms with Crippen LogP contribution in [-0.2, 0) is 4.74 Å². The average molecular weight is 147 g/mol. The summed E-state index contributed by atoms with van der Waals surface area (Å²) in [6.45, 7) is 3.90. The minimum atomic E-state index is 0.250. The van der Waals surface area contributed by atoms with Crippen LogP contribution in [0.3, 0.4) is 0 Å². The molecule has 0 bridgehead atoms. The van der Waals surface area contributed by atoms with Crippen molar-refractivity contribution >= 4 is 23.0 Å². The molecule has 3 nitrogen and oxygen atoms in total. The third-order valence-electron chi connectivity index (χ3n) is 0.721. The number of nitrogens with zero attached hydrogens (tertiary/aromatic N) is 1. The van der Waals surface area contributed by atoms with E-state index in [1.165, 1.54) is 0 Å². The van der Waals surface area contributed by atoms with Gasteiger partial charge in [0.1, 0.15) is 5.71 Å². The molecule has 0 unspecified atom stereocenters. The number of rotatable bonds is 2. The minimum absolute atomic E-state index is 0.250. The van der Waals surface area contributed by atoms with Crippen LogP contribution in [0, 0.1) is 0 Å². The molecular formula is C5H9NO2S. The Labute approximate surface area is 59.3 Å². The lowest BCUT2D eigenvalue weighted by Crippen LogP contribution is -2.11. The third kappa shape index (κ3) is 3.03. The molecule has 0 aromatic rings. The first-order valence-electron chi connectivity index (χ1n) is 2.58. The van der Waals surface area contributed by atoms with Crippen molar-refractivity contribution in [2.75, 3.05) is 6.61 Å². The van der Waals surface area contributed by atoms with Gasteiger partial charge in [0.25, 0.3) is 0 Å². The van der Waals surface area contributed by atoms with E-state index in [9.17, 15) is 0 Å². The second-order valence-corrected chi connectivity index (χ2v) is 1.78. The van der Waals surface area contributed by atoms with Crippen molar-refractivity contribution in [2.24, 2.45) is 5.16 Å². The van der Waals surface area contributed by atoms with Gasteiger partial charge in [-0.25, -0.2) is 0 Å². The normalized spacial score (nSPS) is 11.1. The summed E-state index contributed by atoms with van der Waals surface area (Å²) in [4.78, 5) is 0. The highest BCUT2D eigenvalue weighted by Crippen LogP contribution is 1.85. The zero-order chi connectivity index (χ0) is 7.28. The fourth-order valence-corrected chi connectivity index (χ4v) is 0.435. The van der Waals surface area contributed by atoms with E-state index in [2.05, 4.69) is 17.4 Å². The van der Waals surface area contributed by atoms with Crippen LogP contribution in [0.2, 0.25) is 0 Å². The maximum absolute atomic E-state index is 8.15. The van der Waals surface area contributed by atoms with Gasteiger partial charge in [0, 0.05) is 0 Å². The van der Waals surface area contributed by atoms with Gasteiger partial charge in [0.05, 0.1) is 6.61 Å². The lowest BCUT2D eigenvalue weighted by Gasteiger charge is -2.00. The number of thiocarbonyl (C=S) groups is 1. The molecule has 0 fully saturated rings. The summed E-state index contributed by atoms with van der Waals surface area (Å²) in [5, 5.41) is 11.3. The topological polar surface area (TPSA) is 41.8 Å². The summed E-state index contributed by atoms with van der Waals surface area (Å²) in [6, 6.07) is 0. The molecule has 0 spiro atoms. The predicted molar refractivity (Wildman–Crippen MR) is 39.1 cm³/mol. The molecule has 0 radical (unpaired) electrons. The molecule has 0 rings (SSSR count). The highest BCUT2D eigenvalue weighted by Gasteiger charge is 1.99. The highest BCUT2D eigenvalue weighted by molar-refractivity contribution is 7.81. The smallest absolute Gasteiger partial charge is 0.208 e. The lowest BCUT2D eigenvalue weighted by molar-refractivity contribution is 0.313. The maximum atomic E-state index is 8.15. The fourth-order valence-electron chi connectivity index (χ4n) is 0.276. The first-order valence-corrected chi connectivity index (χ1v) is 2.99. The number of hydrogen-bond acceptors (Lipinski definition) is 4. The van der Waals surface area contributed by atoms with Crippen LogP contribution in [0.5, 0.6) is 0 Å².